The van der Waals surface area contributed by atoms with Crippen LogP contribution in [0.1, 0.15) is 5.69 Å². The fourth-order valence-corrected chi connectivity index (χ4v) is 1.92. The molecule has 1 heterocycles. The van der Waals surface area contributed by atoms with Gasteiger partial charge >= 0.3 is 0 Å². The Morgan fingerprint density at radius 2 is 2.28 bits per heavy atom. The Morgan fingerprint density at radius 3 is 2.89 bits per heavy atom. The van der Waals surface area contributed by atoms with Gasteiger partial charge in [-0.2, -0.15) is 5.10 Å². The molecule has 6 nitrogen and oxygen atoms in total. The highest BCUT2D eigenvalue weighted by atomic mass is 79.9. The summed E-state index contributed by atoms with van der Waals surface area (Å²) < 4.78 is 2.22. The lowest BCUT2D eigenvalue weighted by atomic mass is 10.2. The molecule has 1 aromatic heterocycles. The topological polar surface area (TPSA) is 73.0 Å². The average molecular weight is 311 g/mol. The quantitative estimate of drug-likeness (QED) is 0.696. The third kappa shape index (κ3) is 2.67. The second-order valence-corrected chi connectivity index (χ2v) is 4.58. The first-order valence-corrected chi connectivity index (χ1v) is 6.02. The summed E-state index contributed by atoms with van der Waals surface area (Å²) in [6.07, 6.45) is 1.71. The van der Waals surface area contributed by atoms with Crippen molar-refractivity contribution in [2.75, 3.05) is 5.32 Å². The standard InChI is InChI=1S/C11H11BrN4O2/c1-15-9(4-5-14-15)7-13-8-2-3-10(12)11(6-8)16(17)18/h2-6,13H,7H2,1H3. The fourth-order valence-electron chi connectivity index (χ4n) is 1.53. The number of aryl methyl sites for hydroxylation is 1. The second kappa shape index (κ2) is 5.18. The minimum Gasteiger partial charge on any atom is -0.379 e. The predicted octanol–water partition coefficient (Wildman–Crippen LogP) is 2.70. The molecule has 2 rings (SSSR count). The first-order valence-electron chi connectivity index (χ1n) is 5.22. The number of anilines is 1. The first kappa shape index (κ1) is 12.6. The molecule has 0 unspecified atom stereocenters. The number of nitrogens with one attached hydrogen (secondary N) is 1. The van der Waals surface area contributed by atoms with E-state index in [0.29, 0.717) is 16.7 Å². The molecule has 0 aliphatic carbocycles. The van der Waals surface area contributed by atoms with Gasteiger partial charge in [-0.05, 0) is 34.1 Å². The van der Waals surface area contributed by atoms with Crippen LogP contribution in [0, 0.1) is 10.1 Å². The lowest BCUT2D eigenvalue weighted by Crippen LogP contribution is -2.05. The Kier molecular flexibility index (Phi) is 3.61. The number of aromatic nitrogens is 2. The number of hydrogen-bond donors (Lipinski definition) is 1. The van der Waals surface area contributed by atoms with Gasteiger partial charge in [0, 0.05) is 25.0 Å². The molecule has 0 amide bonds. The van der Waals surface area contributed by atoms with Gasteiger partial charge in [0.1, 0.15) is 0 Å². The Balaban J connectivity index is 2.13. The van der Waals surface area contributed by atoms with E-state index in [1.165, 1.54) is 6.07 Å². The van der Waals surface area contributed by atoms with Crippen molar-refractivity contribution < 1.29 is 4.92 Å². The Labute approximate surface area is 112 Å². The molecule has 0 bridgehead atoms. The molecule has 0 fully saturated rings. The van der Waals surface area contributed by atoms with Crippen LogP contribution in [0.3, 0.4) is 0 Å². The fraction of sp³-hybridized carbons (Fsp3) is 0.182. The van der Waals surface area contributed by atoms with E-state index < -0.39 is 4.92 Å². The highest BCUT2D eigenvalue weighted by molar-refractivity contribution is 9.10. The lowest BCUT2D eigenvalue weighted by molar-refractivity contribution is -0.385. The minimum absolute atomic E-state index is 0.0463. The van der Waals surface area contributed by atoms with Gasteiger partial charge in [0.25, 0.3) is 5.69 Å². The molecule has 2 aromatic rings. The number of nitro groups is 1. The molecule has 0 aliphatic heterocycles. The van der Waals surface area contributed by atoms with E-state index in [2.05, 4.69) is 26.3 Å². The highest BCUT2D eigenvalue weighted by Crippen LogP contribution is 2.27. The molecule has 0 radical (unpaired) electrons. The van der Waals surface area contributed by atoms with Gasteiger partial charge in [-0.25, -0.2) is 0 Å². The molecule has 1 aromatic carbocycles. The van der Waals surface area contributed by atoms with Crippen LogP contribution in [0.25, 0.3) is 0 Å². The zero-order valence-electron chi connectivity index (χ0n) is 9.63. The SMILES string of the molecule is Cn1nccc1CNc1ccc(Br)c([N+](=O)[O-])c1. The van der Waals surface area contributed by atoms with Crippen molar-refractivity contribution >= 4 is 27.3 Å². The van der Waals surface area contributed by atoms with Crippen LogP contribution >= 0.6 is 15.9 Å². The molecule has 0 aliphatic rings. The summed E-state index contributed by atoms with van der Waals surface area (Å²) >= 11 is 3.15. The van der Waals surface area contributed by atoms with Crippen LogP contribution in [-0.4, -0.2) is 14.7 Å². The number of benzene rings is 1. The molecule has 18 heavy (non-hydrogen) atoms. The van der Waals surface area contributed by atoms with Crippen LogP contribution in [-0.2, 0) is 13.6 Å². The maximum atomic E-state index is 10.8. The molecule has 7 heteroatoms. The van der Waals surface area contributed by atoms with E-state index in [-0.39, 0.29) is 5.69 Å². The number of hydrogen-bond acceptors (Lipinski definition) is 4. The number of halogens is 1. The second-order valence-electron chi connectivity index (χ2n) is 3.72. The maximum Gasteiger partial charge on any atom is 0.285 e. The summed E-state index contributed by atoms with van der Waals surface area (Å²) in [5.41, 5.74) is 1.75. The lowest BCUT2D eigenvalue weighted by Gasteiger charge is -2.07. The van der Waals surface area contributed by atoms with Crippen molar-refractivity contribution in [2.24, 2.45) is 7.05 Å². The van der Waals surface area contributed by atoms with Gasteiger partial charge in [-0.1, -0.05) is 0 Å². The van der Waals surface area contributed by atoms with Gasteiger partial charge in [-0.15, -0.1) is 0 Å². The van der Waals surface area contributed by atoms with E-state index in [1.54, 1.807) is 23.0 Å². The molecule has 0 atom stereocenters. The normalized spacial score (nSPS) is 10.3. The smallest absolute Gasteiger partial charge is 0.285 e. The Morgan fingerprint density at radius 1 is 1.50 bits per heavy atom. The van der Waals surface area contributed by atoms with Crippen molar-refractivity contribution in [3.05, 3.63) is 50.7 Å². The molecule has 0 spiro atoms. The monoisotopic (exact) mass is 310 g/mol. The van der Waals surface area contributed by atoms with Crippen LogP contribution in [0.5, 0.6) is 0 Å². The number of nitro benzene ring substituents is 1. The van der Waals surface area contributed by atoms with Gasteiger partial charge in [0.15, 0.2) is 0 Å². The van der Waals surface area contributed by atoms with Crippen molar-refractivity contribution in [3.8, 4) is 0 Å². The molecular weight excluding hydrogens is 300 g/mol. The Bertz CT molecular complexity index is 582. The average Bonchev–Trinajstić information content (AvgIpc) is 2.73. The van der Waals surface area contributed by atoms with Crippen LogP contribution < -0.4 is 5.32 Å². The van der Waals surface area contributed by atoms with Gasteiger partial charge in [0.2, 0.25) is 0 Å². The maximum absolute atomic E-state index is 10.8. The molecule has 1 N–H and O–H groups in total. The summed E-state index contributed by atoms with van der Waals surface area (Å²) in [6.45, 7) is 0.565. The first-order chi connectivity index (χ1) is 8.58. The van der Waals surface area contributed by atoms with E-state index in [0.717, 1.165) is 5.69 Å². The van der Waals surface area contributed by atoms with Gasteiger partial charge in [-0.3, -0.25) is 14.8 Å². The minimum atomic E-state index is -0.417. The summed E-state index contributed by atoms with van der Waals surface area (Å²) in [4.78, 5) is 10.4. The van der Waals surface area contributed by atoms with E-state index >= 15 is 0 Å². The van der Waals surface area contributed by atoms with E-state index in [1.807, 2.05) is 13.1 Å². The molecular formula is C11H11BrN4O2. The third-order valence-electron chi connectivity index (χ3n) is 2.54. The summed E-state index contributed by atoms with van der Waals surface area (Å²) in [5, 5.41) is 18.0. The zero-order valence-corrected chi connectivity index (χ0v) is 11.2. The van der Waals surface area contributed by atoms with E-state index in [4.69, 9.17) is 0 Å². The molecule has 94 valence electrons. The van der Waals surface area contributed by atoms with E-state index in [9.17, 15) is 10.1 Å². The summed E-state index contributed by atoms with van der Waals surface area (Å²) in [5.74, 6) is 0. The summed E-state index contributed by atoms with van der Waals surface area (Å²) in [7, 11) is 1.85. The number of nitrogens with zero attached hydrogens (tertiary/aromatic N) is 3. The van der Waals surface area contributed by atoms with Crippen LogP contribution in [0.4, 0.5) is 11.4 Å². The van der Waals surface area contributed by atoms with Crippen molar-refractivity contribution in [1.82, 2.24) is 9.78 Å². The van der Waals surface area contributed by atoms with Gasteiger partial charge < -0.3 is 5.32 Å². The van der Waals surface area contributed by atoms with Crippen LogP contribution in [0.2, 0.25) is 0 Å². The van der Waals surface area contributed by atoms with Crippen molar-refractivity contribution in [2.45, 2.75) is 6.54 Å². The zero-order chi connectivity index (χ0) is 13.1. The Hall–Kier alpha value is -1.89. The van der Waals surface area contributed by atoms with Crippen molar-refractivity contribution in [3.63, 3.8) is 0 Å². The van der Waals surface area contributed by atoms with Gasteiger partial charge in [0.05, 0.1) is 21.6 Å². The molecule has 0 saturated heterocycles. The summed E-state index contributed by atoms with van der Waals surface area (Å²) in [6, 6.07) is 6.83. The highest BCUT2D eigenvalue weighted by Gasteiger charge is 2.12. The molecule has 0 saturated carbocycles. The largest absolute Gasteiger partial charge is 0.379 e. The van der Waals surface area contributed by atoms with Crippen molar-refractivity contribution in [1.29, 1.82) is 0 Å². The third-order valence-corrected chi connectivity index (χ3v) is 3.21. The van der Waals surface area contributed by atoms with Crippen LogP contribution in [0.15, 0.2) is 34.9 Å². The predicted molar refractivity (Wildman–Crippen MR) is 71.3 cm³/mol. The number of rotatable bonds is 4.